The standard InChI is InChI=1S/C32H8F8N8.Pb/c33-17-1-9-10(2-18(17)34)26-41-25(9)45-27-11-3-19(35)20(36)4-12(11)29(42-27)47-31-15-7-23(39)24(40)8-16(15)32(44-31)48-30-14-6-22(38)21(37)5-13(14)28(43-30)46-26;/h1-8H;/q-2;+2. The van der Waals surface area contributed by atoms with Crippen LogP contribution in [0.1, 0.15) is 22.3 Å². The number of fused-ring (bicyclic) bond motifs is 14. The first kappa shape index (κ1) is 28.6. The zero-order valence-electron chi connectivity index (χ0n) is 23.7. The molecule has 2 radical (unpaired) electrons. The molecule has 0 amide bonds. The van der Waals surface area contributed by atoms with E-state index in [1.54, 1.807) is 4.75 Å². The molecule has 4 aliphatic rings. The van der Waals surface area contributed by atoms with Gasteiger partial charge in [0, 0.05) is 0 Å². The van der Waals surface area contributed by atoms with Crippen LogP contribution in [0.4, 0.5) is 46.8 Å². The molecule has 10 rings (SSSR count). The van der Waals surface area contributed by atoms with E-state index in [1.807, 2.05) is 0 Å². The molecule has 8 nitrogen and oxygen atoms in total. The number of aliphatic imine (C=N–C) groups is 4. The van der Waals surface area contributed by atoms with E-state index in [4.69, 9.17) is 0 Å². The van der Waals surface area contributed by atoms with Gasteiger partial charge in [0.05, 0.1) is 0 Å². The van der Waals surface area contributed by atoms with Gasteiger partial charge in [0.15, 0.2) is 0 Å². The Morgan fingerprint density at radius 1 is 0.347 bits per heavy atom. The second-order valence-corrected chi connectivity index (χ2v) is 15.5. The van der Waals surface area contributed by atoms with Crippen molar-refractivity contribution in [3.63, 3.8) is 0 Å². The molecule has 6 aromatic rings. The zero-order chi connectivity index (χ0) is 33.6. The molecular formula is C32H8F8N8Pb. The first-order valence-electron chi connectivity index (χ1n) is 14.2. The molecule has 6 bridgehead atoms. The van der Waals surface area contributed by atoms with Crippen LogP contribution in [0.2, 0.25) is 0 Å². The van der Waals surface area contributed by atoms with Crippen LogP contribution >= 0.6 is 0 Å². The monoisotopic (exact) mass is 864 g/mol. The van der Waals surface area contributed by atoms with Crippen molar-refractivity contribution < 1.29 is 35.1 Å². The first-order chi connectivity index (χ1) is 23.5. The molecule has 0 atom stereocenters. The Hall–Kier alpha value is -5.40. The molecule has 4 aliphatic heterocycles. The number of nitrogens with zero attached hydrogens (tertiary/aromatic N) is 8. The van der Waals surface area contributed by atoms with Gasteiger partial charge in [-0.15, -0.1) is 0 Å². The van der Waals surface area contributed by atoms with Gasteiger partial charge in [-0.2, -0.15) is 0 Å². The van der Waals surface area contributed by atoms with Gasteiger partial charge in [0.1, 0.15) is 0 Å². The summed E-state index contributed by atoms with van der Waals surface area (Å²) in [4.78, 5) is 27.5. The van der Waals surface area contributed by atoms with E-state index in [9.17, 15) is 35.1 Å². The van der Waals surface area contributed by atoms with Crippen LogP contribution in [0.3, 0.4) is 0 Å². The second-order valence-electron chi connectivity index (χ2n) is 11.3. The number of amidine groups is 4. The summed E-state index contributed by atoms with van der Waals surface area (Å²) in [7, 11) is 0. The van der Waals surface area contributed by atoms with Crippen LogP contribution < -0.4 is 11.0 Å². The van der Waals surface area contributed by atoms with Crippen molar-refractivity contribution >= 4 is 81.4 Å². The van der Waals surface area contributed by atoms with Gasteiger partial charge in [0.2, 0.25) is 0 Å². The Morgan fingerprint density at radius 2 is 0.653 bits per heavy atom. The SMILES string of the molecule is Fc1cc2c(cc1F)C1=Nc3c4cc(F)c(F)cc4c4[n]3[Pb][n]3c(c5cc(F)c(F)cc5c3=NC3=NC(=N4)c4cc(F)c(F)cc43)=NC2=N1. The zero-order valence-corrected chi connectivity index (χ0v) is 27.6. The molecule has 0 saturated carbocycles. The molecular weight excluding hydrogens is 856 g/mol. The van der Waals surface area contributed by atoms with Gasteiger partial charge < -0.3 is 0 Å². The summed E-state index contributed by atoms with van der Waals surface area (Å²) in [6, 6.07) is 7.04. The van der Waals surface area contributed by atoms with Crippen molar-refractivity contribution in [2.75, 3.05) is 0 Å². The molecule has 0 unspecified atom stereocenters. The number of benzene rings is 4. The topological polar surface area (TPSA) is 84.0 Å². The van der Waals surface area contributed by atoms with Crippen molar-refractivity contribution in [3.05, 3.63) is 128 Å². The molecule has 17 heteroatoms. The minimum atomic E-state index is -2.95. The maximum absolute atomic E-state index is 14.9. The molecule has 0 spiro atoms. The van der Waals surface area contributed by atoms with E-state index in [0.717, 1.165) is 48.5 Å². The van der Waals surface area contributed by atoms with Crippen molar-refractivity contribution in [1.29, 1.82) is 0 Å². The fraction of sp³-hybridized carbons (Fsp3) is 0. The molecule has 236 valence electrons. The van der Waals surface area contributed by atoms with Gasteiger partial charge in [-0.3, -0.25) is 0 Å². The second kappa shape index (κ2) is 9.61. The van der Waals surface area contributed by atoms with Gasteiger partial charge in [-0.05, 0) is 0 Å². The molecule has 49 heavy (non-hydrogen) atoms. The Labute approximate surface area is 278 Å². The van der Waals surface area contributed by atoms with Crippen LogP contribution in [0.5, 0.6) is 0 Å². The number of rotatable bonds is 0. The number of hydrogen-bond acceptors (Lipinski definition) is 6. The maximum atomic E-state index is 14.9. The number of halogens is 8. The first-order valence-corrected chi connectivity index (χ1v) is 17.6. The van der Waals surface area contributed by atoms with E-state index in [1.165, 1.54) is 0 Å². The third-order valence-electron chi connectivity index (χ3n) is 8.49. The van der Waals surface area contributed by atoms with Crippen LogP contribution in [0.25, 0.3) is 21.5 Å². The summed E-state index contributed by atoms with van der Waals surface area (Å²) in [6.07, 6.45) is 0. The summed E-state index contributed by atoms with van der Waals surface area (Å²) in [5, 5.41) is 0.183. The molecule has 2 aromatic heterocycles. The summed E-state index contributed by atoms with van der Waals surface area (Å²) >= 11 is -2.95. The summed E-state index contributed by atoms with van der Waals surface area (Å²) < 4.78 is 121. The number of hydrogen-bond donors (Lipinski definition) is 0. The van der Waals surface area contributed by atoms with Gasteiger partial charge in [-0.1, -0.05) is 0 Å². The molecule has 0 fully saturated rings. The van der Waals surface area contributed by atoms with Crippen LogP contribution in [-0.4, -0.2) is 52.9 Å². The van der Waals surface area contributed by atoms with Crippen molar-refractivity contribution in [1.82, 2.24) is 4.75 Å². The molecule has 4 aromatic carbocycles. The fourth-order valence-electron chi connectivity index (χ4n) is 6.26. The minimum absolute atomic E-state index is 0.00512. The Balaban J connectivity index is 1.47. The third-order valence-corrected chi connectivity index (χ3v) is 13.3. The van der Waals surface area contributed by atoms with E-state index in [0.29, 0.717) is 0 Å². The van der Waals surface area contributed by atoms with Crippen LogP contribution in [0.15, 0.2) is 78.5 Å². The molecule has 0 aliphatic carbocycles. The van der Waals surface area contributed by atoms with Gasteiger partial charge in [-0.25, -0.2) is 0 Å². The van der Waals surface area contributed by atoms with E-state index in [2.05, 4.69) is 30.0 Å². The third kappa shape index (κ3) is 3.88. The van der Waals surface area contributed by atoms with Crippen molar-refractivity contribution in [3.8, 4) is 0 Å². The quantitative estimate of drug-likeness (QED) is 0.141. The van der Waals surface area contributed by atoms with E-state index >= 15 is 0 Å². The van der Waals surface area contributed by atoms with Gasteiger partial charge in [0.25, 0.3) is 0 Å². The van der Waals surface area contributed by atoms with Gasteiger partial charge >= 0.3 is 279 Å². The Bertz CT molecular complexity index is 2710. The summed E-state index contributed by atoms with van der Waals surface area (Å²) in [6.45, 7) is 0. The predicted molar refractivity (Wildman–Crippen MR) is 161 cm³/mol. The van der Waals surface area contributed by atoms with E-state index < -0.39 is 71.4 Å². The Kier molecular flexibility index (Phi) is 5.61. The van der Waals surface area contributed by atoms with Crippen molar-refractivity contribution in [2.45, 2.75) is 0 Å². The average Bonchev–Trinajstić information content (AvgIpc) is 3.72. The summed E-state index contributed by atoms with van der Waals surface area (Å²) in [5.74, 6) is -10.4. The van der Waals surface area contributed by atoms with Crippen molar-refractivity contribution in [2.24, 2.45) is 30.0 Å². The van der Waals surface area contributed by atoms with E-state index in [-0.39, 0.29) is 89.8 Å². The Morgan fingerprint density at radius 3 is 1.02 bits per heavy atom. The normalized spacial score (nSPS) is 15.3. The average molecular weight is 864 g/mol. The number of aromatic nitrogens is 2. The molecule has 0 saturated heterocycles. The predicted octanol–water partition coefficient (Wildman–Crippen LogP) is 5.58. The molecule has 0 N–H and O–H groups in total. The fourth-order valence-corrected chi connectivity index (χ4v) is 11.2. The summed E-state index contributed by atoms with van der Waals surface area (Å²) in [5.41, 5.74) is 0.0791. The van der Waals surface area contributed by atoms with Crippen LogP contribution in [0, 0.1) is 46.5 Å². The van der Waals surface area contributed by atoms with Crippen LogP contribution in [-0.2, 0) is 0 Å². The molecule has 6 heterocycles.